The van der Waals surface area contributed by atoms with E-state index in [2.05, 4.69) is 10.5 Å². The van der Waals surface area contributed by atoms with E-state index in [0.29, 0.717) is 24.4 Å². The molecule has 2 unspecified atom stereocenters. The molecule has 2 atom stereocenters. The number of amides is 1. The smallest absolute Gasteiger partial charge is 0.223 e. The van der Waals surface area contributed by atoms with Crippen LogP contribution in [0.1, 0.15) is 49.1 Å². The number of nitrogens with one attached hydrogen (secondary N) is 1. The zero-order valence-corrected chi connectivity index (χ0v) is 13.6. The topological polar surface area (TPSA) is 81.2 Å². The standard InChI is InChI=1S/C17H27N3O2/c1-10-15(11(2)22-20-10)6-7-19-17(21)14-8-12-4-3-5-13(9-14)16(12)18/h12-14,16H,3-9,18H2,1-2H3,(H,19,21). The minimum Gasteiger partial charge on any atom is -0.361 e. The predicted molar refractivity (Wildman–Crippen MR) is 84.2 cm³/mol. The van der Waals surface area contributed by atoms with Crippen molar-refractivity contribution in [2.45, 2.75) is 58.4 Å². The summed E-state index contributed by atoms with van der Waals surface area (Å²) in [6.45, 7) is 4.51. The van der Waals surface area contributed by atoms with Crippen LogP contribution < -0.4 is 11.1 Å². The molecule has 1 aromatic heterocycles. The van der Waals surface area contributed by atoms with Crippen molar-refractivity contribution in [3.8, 4) is 0 Å². The van der Waals surface area contributed by atoms with Crippen LogP contribution >= 0.6 is 0 Å². The van der Waals surface area contributed by atoms with Gasteiger partial charge in [-0.1, -0.05) is 11.6 Å². The molecule has 5 nitrogen and oxygen atoms in total. The number of fused-ring (bicyclic) bond motifs is 2. The first kappa shape index (κ1) is 15.5. The summed E-state index contributed by atoms with van der Waals surface area (Å²) in [6, 6.07) is 0.320. The molecule has 2 bridgehead atoms. The number of carbonyl (C=O) groups excluding carboxylic acids is 1. The molecule has 0 aliphatic heterocycles. The Morgan fingerprint density at radius 2 is 2.00 bits per heavy atom. The van der Waals surface area contributed by atoms with Gasteiger partial charge in [0, 0.05) is 24.1 Å². The highest BCUT2D eigenvalue weighted by Crippen LogP contribution is 2.41. The Labute approximate surface area is 132 Å². The van der Waals surface area contributed by atoms with E-state index in [4.69, 9.17) is 10.3 Å². The summed E-state index contributed by atoms with van der Waals surface area (Å²) in [7, 11) is 0. The molecule has 1 heterocycles. The van der Waals surface area contributed by atoms with E-state index in [-0.39, 0.29) is 11.8 Å². The van der Waals surface area contributed by atoms with Crippen molar-refractivity contribution in [1.29, 1.82) is 0 Å². The predicted octanol–water partition coefficient (Wildman–Crippen LogP) is 2.10. The summed E-state index contributed by atoms with van der Waals surface area (Å²) in [5.41, 5.74) is 8.33. The maximum Gasteiger partial charge on any atom is 0.223 e. The van der Waals surface area contributed by atoms with Crippen LogP contribution in [0.4, 0.5) is 0 Å². The highest BCUT2D eigenvalue weighted by molar-refractivity contribution is 5.78. The van der Waals surface area contributed by atoms with Gasteiger partial charge in [-0.15, -0.1) is 0 Å². The fourth-order valence-corrected chi connectivity index (χ4v) is 4.32. The number of aryl methyl sites for hydroxylation is 2. The van der Waals surface area contributed by atoms with Crippen LogP contribution in [0.25, 0.3) is 0 Å². The van der Waals surface area contributed by atoms with Crippen LogP contribution in [0.15, 0.2) is 4.52 Å². The normalized spacial score (nSPS) is 31.0. The molecule has 3 rings (SSSR count). The van der Waals surface area contributed by atoms with Crippen molar-refractivity contribution in [2.75, 3.05) is 6.54 Å². The molecule has 2 saturated carbocycles. The summed E-state index contributed by atoms with van der Waals surface area (Å²) in [5, 5.41) is 7.05. The Morgan fingerprint density at radius 1 is 1.32 bits per heavy atom. The lowest BCUT2D eigenvalue weighted by Crippen LogP contribution is -2.49. The monoisotopic (exact) mass is 305 g/mol. The van der Waals surface area contributed by atoms with Gasteiger partial charge in [-0.2, -0.15) is 0 Å². The quantitative estimate of drug-likeness (QED) is 0.892. The van der Waals surface area contributed by atoms with E-state index in [1.54, 1.807) is 0 Å². The summed E-state index contributed by atoms with van der Waals surface area (Å²) in [5.74, 6) is 2.30. The van der Waals surface area contributed by atoms with Gasteiger partial charge in [0.05, 0.1) is 5.69 Å². The van der Waals surface area contributed by atoms with Gasteiger partial charge >= 0.3 is 0 Å². The zero-order chi connectivity index (χ0) is 15.7. The Hall–Kier alpha value is -1.36. The maximum absolute atomic E-state index is 12.4. The zero-order valence-electron chi connectivity index (χ0n) is 13.6. The molecule has 0 saturated heterocycles. The fourth-order valence-electron chi connectivity index (χ4n) is 4.32. The molecule has 1 amide bonds. The van der Waals surface area contributed by atoms with E-state index in [9.17, 15) is 4.79 Å². The van der Waals surface area contributed by atoms with Gasteiger partial charge in [-0.3, -0.25) is 4.79 Å². The Morgan fingerprint density at radius 3 is 2.59 bits per heavy atom. The first-order valence-corrected chi connectivity index (χ1v) is 8.51. The van der Waals surface area contributed by atoms with Crippen molar-refractivity contribution < 1.29 is 9.32 Å². The van der Waals surface area contributed by atoms with Crippen molar-refractivity contribution in [3.05, 3.63) is 17.0 Å². The molecule has 5 heteroatoms. The minimum absolute atomic E-state index is 0.153. The van der Waals surface area contributed by atoms with Gasteiger partial charge in [0.1, 0.15) is 5.76 Å². The van der Waals surface area contributed by atoms with Crippen LogP contribution in [0.5, 0.6) is 0 Å². The molecule has 0 radical (unpaired) electrons. The Kier molecular flexibility index (Phi) is 4.52. The number of hydrogen-bond donors (Lipinski definition) is 2. The number of hydrogen-bond acceptors (Lipinski definition) is 4. The van der Waals surface area contributed by atoms with E-state index in [0.717, 1.165) is 36.3 Å². The molecule has 0 spiro atoms. The van der Waals surface area contributed by atoms with Crippen molar-refractivity contribution in [2.24, 2.45) is 23.5 Å². The lowest BCUT2D eigenvalue weighted by atomic mass is 9.65. The van der Waals surface area contributed by atoms with Crippen LogP contribution in [0, 0.1) is 31.6 Å². The second-order valence-corrected chi connectivity index (χ2v) is 7.04. The van der Waals surface area contributed by atoms with Crippen LogP contribution in [0.3, 0.4) is 0 Å². The molecular weight excluding hydrogens is 278 g/mol. The van der Waals surface area contributed by atoms with Crippen molar-refractivity contribution >= 4 is 5.91 Å². The first-order chi connectivity index (χ1) is 10.6. The van der Waals surface area contributed by atoms with E-state index in [1.165, 1.54) is 19.3 Å². The highest BCUT2D eigenvalue weighted by Gasteiger charge is 2.40. The van der Waals surface area contributed by atoms with Crippen molar-refractivity contribution in [1.82, 2.24) is 10.5 Å². The van der Waals surface area contributed by atoms with Gasteiger partial charge in [0.25, 0.3) is 0 Å². The summed E-state index contributed by atoms with van der Waals surface area (Å²) in [6.07, 6.45) is 6.39. The van der Waals surface area contributed by atoms with Crippen LogP contribution in [0.2, 0.25) is 0 Å². The summed E-state index contributed by atoms with van der Waals surface area (Å²) in [4.78, 5) is 12.4. The first-order valence-electron chi connectivity index (χ1n) is 8.51. The van der Waals surface area contributed by atoms with Crippen LogP contribution in [-0.4, -0.2) is 23.7 Å². The highest BCUT2D eigenvalue weighted by atomic mass is 16.5. The second-order valence-electron chi connectivity index (χ2n) is 7.04. The van der Waals surface area contributed by atoms with Gasteiger partial charge in [0.15, 0.2) is 0 Å². The molecule has 1 aromatic rings. The number of nitrogens with zero attached hydrogens (tertiary/aromatic N) is 1. The molecule has 2 aliphatic rings. The molecule has 22 heavy (non-hydrogen) atoms. The summed E-state index contributed by atoms with van der Waals surface area (Å²) >= 11 is 0. The van der Waals surface area contributed by atoms with E-state index in [1.807, 2.05) is 13.8 Å². The average molecular weight is 305 g/mol. The van der Waals surface area contributed by atoms with Crippen molar-refractivity contribution in [3.63, 3.8) is 0 Å². The maximum atomic E-state index is 12.4. The van der Waals surface area contributed by atoms with Gasteiger partial charge < -0.3 is 15.6 Å². The van der Waals surface area contributed by atoms with Gasteiger partial charge in [-0.05, 0) is 57.8 Å². The average Bonchev–Trinajstić information content (AvgIpc) is 2.78. The third kappa shape index (κ3) is 3.05. The SMILES string of the molecule is Cc1noc(C)c1CCNC(=O)C1CC2CCCC(C1)C2N. The third-order valence-electron chi connectivity index (χ3n) is 5.64. The van der Waals surface area contributed by atoms with E-state index < -0.39 is 0 Å². The fraction of sp³-hybridized carbons (Fsp3) is 0.765. The minimum atomic E-state index is 0.153. The second kappa shape index (κ2) is 6.41. The Balaban J connectivity index is 1.50. The molecule has 3 N–H and O–H groups in total. The van der Waals surface area contributed by atoms with Gasteiger partial charge in [-0.25, -0.2) is 0 Å². The number of nitrogens with two attached hydrogens (primary N) is 1. The van der Waals surface area contributed by atoms with Crippen LogP contribution in [-0.2, 0) is 11.2 Å². The molecule has 2 aliphatic carbocycles. The van der Waals surface area contributed by atoms with E-state index >= 15 is 0 Å². The Bertz CT molecular complexity index is 507. The molecular formula is C17H27N3O2. The summed E-state index contributed by atoms with van der Waals surface area (Å²) < 4.78 is 5.15. The lowest BCUT2D eigenvalue weighted by molar-refractivity contribution is -0.127. The number of rotatable bonds is 4. The van der Waals surface area contributed by atoms with Gasteiger partial charge in [0.2, 0.25) is 5.91 Å². The largest absolute Gasteiger partial charge is 0.361 e. The molecule has 2 fully saturated rings. The lowest BCUT2D eigenvalue weighted by Gasteiger charge is -2.43. The molecule has 0 aromatic carbocycles. The molecule has 122 valence electrons. The number of aromatic nitrogens is 1. The third-order valence-corrected chi connectivity index (χ3v) is 5.64. The number of carbonyl (C=O) groups is 1.